The first-order chi connectivity index (χ1) is 5.33. The average molecular weight is 195 g/mol. The molecule has 0 radical (unpaired) electrons. The third kappa shape index (κ3) is 6.30. The first-order valence-corrected chi connectivity index (χ1v) is 6.61. The topological polar surface area (TPSA) is 49.8 Å². The van der Waals surface area contributed by atoms with Gasteiger partial charge in [0.2, 0.25) is 0 Å². The van der Waals surface area contributed by atoms with Gasteiger partial charge >= 0.3 is 6.09 Å². The van der Waals surface area contributed by atoms with E-state index >= 15 is 0 Å². The van der Waals surface area contributed by atoms with E-state index in [0.717, 1.165) is 5.75 Å². The molecule has 0 bridgehead atoms. The molecule has 0 spiro atoms. The van der Waals surface area contributed by atoms with Gasteiger partial charge in [-0.3, -0.25) is 5.21 Å². The molecule has 0 rings (SSSR count). The van der Waals surface area contributed by atoms with Gasteiger partial charge in [0.25, 0.3) is 0 Å². The third-order valence-electron chi connectivity index (χ3n) is 1.19. The van der Waals surface area contributed by atoms with Crippen LogP contribution in [0.2, 0.25) is 0 Å². The molecule has 1 N–H and O–H groups in total. The van der Waals surface area contributed by atoms with Crippen molar-refractivity contribution in [3.8, 4) is 0 Å². The monoisotopic (exact) mass is 195 g/mol. The lowest BCUT2D eigenvalue weighted by Crippen LogP contribution is -2.25. The van der Waals surface area contributed by atoms with Gasteiger partial charge in [-0.25, -0.2) is 14.8 Å². The molecule has 74 valence electrons. The Kier molecular flexibility index (Phi) is 4.41. The van der Waals surface area contributed by atoms with Crippen LogP contribution < -0.4 is 0 Å². The summed E-state index contributed by atoms with van der Waals surface area (Å²) in [6.07, 6.45) is 5.73. The molecule has 0 atom stereocenters. The Bertz CT molecular complexity index is 153. The van der Waals surface area contributed by atoms with E-state index in [2.05, 4.69) is 18.8 Å². The molecule has 0 unspecified atom stereocenters. The fourth-order valence-electron chi connectivity index (χ4n) is 0.472. The summed E-state index contributed by atoms with van der Waals surface area (Å²) in [5.74, 6) is 0.868. The van der Waals surface area contributed by atoms with E-state index in [1.807, 2.05) is 0 Å². The fourth-order valence-corrected chi connectivity index (χ4v) is 1.06. The minimum Gasteiger partial charge on any atom is -0.447 e. The van der Waals surface area contributed by atoms with Gasteiger partial charge in [-0.05, 0) is 18.8 Å². The van der Waals surface area contributed by atoms with Gasteiger partial charge in [0, 0.05) is 12.8 Å². The van der Waals surface area contributed by atoms with Crippen LogP contribution >= 0.6 is 10.0 Å². The maximum atomic E-state index is 10.7. The minimum atomic E-state index is -0.696. The Morgan fingerprint density at radius 1 is 1.50 bits per heavy atom. The number of carbonyl (C=O) groups is 1. The first-order valence-electron chi connectivity index (χ1n) is 3.58. The summed E-state index contributed by atoms with van der Waals surface area (Å²) in [7, 11) is 0.619. The van der Waals surface area contributed by atoms with Crippen molar-refractivity contribution in [3.63, 3.8) is 0 Å². The summed E-state index contributed by atoms with van der Waals surface area (Å²) >= 11 is 0. The highest BCUT2D eigenvalue weighted by molar-refractivity contribution is 8.32. The predicted molar refractivity (Wildman–Crippen MR) is 51.1 cm³/mol. The number of nitrogens with zero attached hydrogens (tertiary/aromatic N) is 1. The summed E-state index contributed by atoms with van der Waals surface area (Å²) in [6, 6.07) is 0. The van der Waals surface area contributed by atoms with Gasteiger partial charge in [0.05, 0.1) is 0 Å². The molecule has 0 heterocycles. The normalized spacial score (nSPS) is 12.4. The molecule has 0 fully saturated rings. The maximum absolute atomic E-state index is 10.7. The van der Waals surface area contributed by atoms with Gasteiger partial charge in [-0.15, -0.1) is 0 Å². The van der Waals surface area contributed by atoms with Crippen LogP contribution in [-0.2, 0) is 4.74 Å². The van der Waals surface area contributed by atoms with E-state index in [-0.39, 0.29) is 0 Å². The fraction of sp³-hybridized carbons (Fsp3) is 0.857. The summed E-state index contributed by atoms with van der Waals surface area (Å²) in [5, 5.41) is 9.06. The molecular formula is C7H17NO3S. The average Bonchev–Trinajstić information content (AvgIpc) is 1.84. The lowest BCUT2D eigenvalue weighted by Gasteiger charge is -2.24. The Balaban J connectivity index is 3.51. The van der Waals surface area contributed by atoms with Crippen molar-refractivity contribution in [3.05, 3.63) is 0 Å². The van der Waals surface area contributed by atoms with Crippen LogP contribution in [0, 0.1) is 0 Å². The van der Waals surface area contributed by atoms with E-state index < -0.39 is 16.1 Å². The molecule has 5 heteroatoms. The van der Waals surface area contributed by atoms with Gasteiger partial charge in [0.1, 0.15) is 6.61 Å². The Hall–Kier alpha value is -0.420. The zero-order chi connectivity index (χ0) is 9.78. The summed E-state index contributed by atoms with van der Waals surface area (Å²) in [4.78, 5) is 10.7. The van der Waals surface area contributed by atoms with Crippen LogP contribution in [0.4, 0.5) is 4.79 Å². The molecule has 0 aromatic carbocycles. The van der Waals surface area contributed by atoms with Crippen molar-refractivity contribution in [2.75, 3.05) is 38.2 Å². The Morgan fingerprint density at radius 2 is 2.00 bits per heavy atom. The predicted octanol–water partition coefficient (Wildman–Crippen LogP) is 1.14. The van der Waals surface area contributed by atoms with Crippen molar-refractivity contribution in [2.24, 2.45) is 0 Å². The molecular weight excluding hydrogens is 178 g/mol. The second-order valence-electron chi connectivity index (χ2n) is 3.43. The largest absolute Gasteiger partial charge is 0.447 e. The van der Waals surface area contributed by atoms with E-state index in [1.165, 1.54) is 7.05 Å². The quantitative estimate of drug-likeness (QED) is 0.542. The highest BCUT2D eigenvalue weighted by Gasteiger charge is 2.08. The molecule has 0 aliphatic carbocycles. The number of hydrogen-bond donors (Lipinski definition) is 1. The molecule has 0 aromatic heterocycles. The molecule has 1 amide bonds. The van der Waals surface area contributed by atoms with E-state index in [9.17, 15) is 4.79 Å². The number of hydrogen-bond acceptors (Lipinski definition) is 3. The highest BCUT2D eigenvalue weighted by atomic mass is 32.3. The minimum absolute atomic E-state index is 0.378. The van der Waals surface area contributed by atoms with Crippen molar-refractivity contribution in [1.82, 2.24) is 5.06 Å². The van der Waals surface area contributed by atoms with Crippen LogP contribution in [0.25, 0.3) is 0 Å². The van der Waals surface area contributed by atoms with Gasteiger partial charge in [-0.2, -0.15) is 5.06 Å². The van der Waals surface area contributed by atoms with Crippen LogP contribution in [0.15, 0.2) is 0 Å². The molecule has 0 aliphatic heterocycles. The summed E-state index contributed by atoms with van der Waals surface area (Å²) in [5.41, 5.74) is 0. The van der Waals surface area contributed by atoms with Crippen LogP contribution in [0.3, 0.4) is 0 Å². The number of hydroxylamine groups is 2. The number of carbonyl (C=O) groups excluding carboxylic acids is 1. The van der Waals surface area contributed by atoms with E-state index in [0.29, 0.717) is 11.7 Å². The molecule has 0 aromatic rings. The Morgan fingerprint density at radius 3 is 2.33 bits per heavy atom. The number of ether oxygens (including phenoxy) is 1. The van der Waals surface area contributed by atoms with Crippen LogP contribution in [0.1, 0.15) is 0 Å². The van der Waals surface area contributed by atoms with Gasteiger partial charge in [0.15, 0.2) is 0 Å². The maximum Gasteiger partial charge on any atom is 0.433 e. The van der Waals surface area contributed by atoms with Gasteiger partial charge < -0.3 is 4.74 Å². The lowest BCUT2D eigenvalue weighted by atomic mass is 10.8. The van der Waals surface area contributed by atoms with E-state index in [1.54, 1.807) is 0 Å². The first kappa shape index (κ1) is 11.6. The molecule has 4 nitrogen and oxygen atoms in total. The van der Waals surface area contributed by atoms with Crippen molar-refractivity contribution >= 4 is 16.1 Å². The molecule has 0 aliphatic rings. The third-order valence-corrected chi connectivity index (χ3v) is 2.58. The summed E-state index contributed by atoms with van der Waals surface area (Å²) < 4.78 is 4.74. The van der Waals surface area contributed by atoms with Gasteiger partial charge in [-0.1, -0.05) is 0 Å². The Labute approximate surface area is 74.8 Å². The van der Waals surface area contributed by atoms with E-state index in [4.69, 9.17) is 9.94 Å². The van der Waals surface area contributed by atoms with Crippen LogP contribution in [0.5, 0.6) is 0 Å². The zero-order valence-corrected chi connectivity index (χ0v) is 8.85. The summed E-state index contributed by atoms with van der Waals surface area (Å²) in [6.45, 7) is 0.378. The zero-order valence-electron chi connectivity index (χ0n) is 8.03. The molecule has 0 saturated carbocycles. The lowest BCUT2D eigenvalue weighted by molar-refractivity contribution is -0.0515. The smallest absolute Gasteiger partial charge is 0.433 e. The highest BCUT2D eigenvalue weighted by Crippen LogP contribution is 2.33. The SMILES string of the molecule is CN(O)C(=O)OCCS(C)(C)C. The number of amides is 1. The van der Waals surface area contributed by atoms with Crippen molar-refractivity contribution < 1.29 is 14.7 Å². The molecule has 0 saturated heterocycles. The second-order valence-corrected chi connectivity index (χ2v) is 8.02. The van der Waals surface area contributed by atoms with Crippen molar-refractivity contribution in [2.45, 2.75) is 0 Å². The van der Waals surface area contributed by atoms with Crippen molar-refractivity contribution in [1.29, 1.82) is 0 Å². The standard InChI is InChI=1S/C7H17NO3S/c1-8(10)7(9)11-5-6-12(2,3)4/h10H,5-6H2,1-4H3. The molecule has 12 heavy (non-hydrogen) atoms. The van der Waals surface area contributed by atoms with Crippen LogP contribution in [-0.4, -0.2) is 54.5 Å². The second kappa shape index (κ2) is 4.57. The number of rotatable bonds is 3.